The third kappa shape index (κ3) is 3.04. The van der Waals surface area contributed by atoms with E-state index in [-0.39, 0.29) is 5.60 Å². The smallest absolute Gasteiger partial charge is 0.162 e. The molecule has 1 aromatic rings. The van der Waals surface area contributed by atoms with Gasteiger partial charge in [-0.2, -0.15) is 0 Å². The van der Waals surface area contributed by atoms with E-state index in [1.165, 1.54) is 6.42 Å². The molecule has 2 rings (SSSR count). The van der Waals surface area contributed by atoms with Gasteiger partial charge in [-0.1, -0.05) is 13.3 Å². The number of aromatic nitrogens is 2. The first-order chi connectivity index (χ1) is 9.09. The van der Waals surface area contributed by atoms with Gasteiger partial charge in [-0.15, -0.1) is 0 Å². The van der Waals surface area contributed by atoms with Gasteiger partial charge in [0.15, 0.2) is 5.82 Å². The first-order valence-electron chi connectivity index (χ1n) is 7.06. The Labute approximate surface area is 114 Å². The lowest BCUT2D eigenvalue weighted by Crippen LogP contribution is -2.37. The zero-order valence-electron chi connectivity index (χ0n) is 12.1. The maximum Gasteiger partial charge on any atom is 0.162 e. The molecular formula is C14H24N4O. The molecule has 1 heterocycles. The Morgan fingerprint density at radius 2 is 2.32 bits per heavy atom. The van der Waals surface area contributed by atoms with Crippen LogP contribution in [0.25, 0.3) is 0 Å². The lowest BCUT2D eigenvalue weighted by Gasteiger charge is -2.38. The van der Waals surface area contributed by atoms with Crippen molar-refractivity contribution in [1.29, 1.82) is 0 Å². The fraction of sp³-hybridized carbons (Fsp3) is 0.714. The number of nitrogens with two attached hydrogens (primary N) is 1. The SMILES string of the molecule is CCOC1(c2nc(C)cc(NN)n2)CCCC(C)C1. The van der Waals surface area contributed by atoms with Crippen molar-refractivity contribution in [2.24, 2.45) is 11.8 Å². The van der Waals surface area contributed by atoms with Crippen molar-refractivity contribution in [2.45, 2.75) is 52.1 Å². The molecular weight excluding hydrogens is 240 g/mol. The van der Waals surface area contributed by atoms with Crippen molar-refractivity contribution in [1.82, 2.24) is 9.97 Å². The van der Waals surface area contributed by atoms with Crippen molar-refractivity contribution < 1.29 is 4.74 Å². The Morgan fingerprint density at radius 1 is 1.53 bits per heavy atom. The molecule has 2 atom stereocenters. The monoisotopic (exact) mass is 264 g/mol. The maximum absolute atomic E-state index is 6.09. The minimum atomic E-state index is -0.343. The van der Waals surface area contributed by atoms with Gasteiger partial charge in [0.05, 0.1) is 0 Å². The average molecular weight is 264 g/mol. The van der Waals surface area contributed by atoms with E-state index < -0.39 is 0 Å². The Kier molecular flexibility index (Phi) is 4.37. The number of aryl methyl sites for hydroxylation is 1. The quantitative estimate of drug-likeness (QED) is 0.645. The summed E-state index contributed by atoms with van der Waals surface area (Å²) in [5.41, 5.74) is 3.18. The van der Waals surface area contributed by atoms with Crippen LogP contribution < -0.4 is 11.3 Å². The summed E-state index contributed by atoms with van der Waals surface area (Å²) in [5, 5.41) is 0. The molecule has 0 radical (unpaired) electrons. The molecule has 0 bridgehead atoms. The van der Waals surface area contributed by atoms with Crippen LogP contribution in [-0.4, -0.2) is 16.6 Å². The van der Waals surface area contributed by atoms with Crippen molar-refractivity contribution in [3.05, 3.63) is 17.6 Å². The van der Waals surface area contributed by atoms with Gasteiger partial charge in [0.1, 0.15) is 11.4 Å². The first kappa shape index (κ1) is 14.2. The van der Waals surface area contributed by atoms with Crippen LogP contribution in [0.4, 0.5) is 5.82 Å². The first-order valence-corrected chi connectivity index (χ1v) is 7.06. The van der Waals surface area contributed by atoms with Crippen molar-refractivity contribution in [3.8, 4) is 0 Å². The minimum absolute atomic E-state index is 0.343. The predicted octanol–water partition coefficient (Wildman–Crippen LogP) is 2.51. The maximum atomic E-state index is 6.09. The molecule has 2 unspecified atom stereocenters. The summed E-state index contributed by atoms with van der Waals surface area (Å²) in [7, 11) is 0. The highest BCUT2D eigenvalue weighted by Gasteiger charge is 2.40. The van der Waals surface area contributed by atoms with E-state index in [1.54, 1.807) is 0 Å². The van der Waals surface area contributed by atoms with Crippen LogP contribution in [0.1, 0.15) is 51.0 Å². The van der Waals surface area contributed by atoms with Crippen LogP contribution in [-0.2, 0) is 10.3 Å². The molecule has 5 nitrogen and oxygen atoms in total. The highest BCUT2D eigenvalue weighted by molar-refractivity contribution is 5.35. The van der Waals surface area contributed by atoms with Crippen molar-refractivity contribution >= 4 is 5.82 Å². The highest BCUT2D eigenvalue weighted by Crippen LogP contribution is 2.41. The molecule has 1 aliphatic rings. The van der Waals surface area contributed by atoms with Crippen molar-refractivity contribution in [2.75, 3.05) is 12.0 Å². The lowest BCUT2D eigenvalue weighted by atomic mass is 9.78. The summed E-state index contributed by atoms with van der Waals surface area (Å²) < 4.78 is 6.09. The highest BCUT2D eigenvalue weighted by atomic mass is 16.5. The number of nitrogens with zero attached hydrogens (tertiary/aromatic N) is 2. The van der Waals surface area contributed by atoms with Crippen LogP contribution in [0.15, 0.2) is 6.07 Å². The third-order valence-electron chi connectivity index (χ3n) is 3.79. The Balaban J connectivity index is 2.40. The van der Waals surface area contributed by atoms with Crippen LogP contribution in [0.2, 0.25) is 0 Å². The zero-order valence-corrected chi connectivity index (χ0v) is 12.1. The Morgan fingerprint density at radius 3 is 2.95 bits per heavy atom. The van der Waals surface area contributed by atoms with Gasteiger partial charge < -0.3 is 10.2 Å². The molecule has 0 spiro atoms. The van der Waals surface area contributed by atoms with Gasteiger partial charge >= 0.3 is 0 Å². The molecule has 1 saturated carbocycles. The topological polar surface area (TPSA) is 73.1 Å². The van der Waals surface area contributed by atoms with Crippen LogP contribution in [0.3, 0.4) is 0 Å². The Bertz CT molecular complexity index is 433. The Hall–Kier alpha value is -1.20. The minimum Gasteiger partial charge on any atom is -0.367 e. The number of hydrogen-bond acceptors (Lipinski definition) is 5. The number of nitrogens with one attached hydrogen (secondary N) is 1. The van der Waals surface area contributed by atoms with E-state index >= 15 is 0 Å². The molecule has 19 heavy (non-hydrogen) atoms. The molecule has 1 fully saturated rings. The number of ether oxygens (including phenoxy) is 1. The summed E-state index contributed by atoms with van der Waals surface area (Å²) in [5.74, 6) is 7.54. The van der Waals surface area contributed by atoms with E-state index in [2.05, 4.69) is 22.3 Å². The second-order valence-corrected chi connectivity index (χ2v) is 5.49. The fourth-order valence-corrected chi connectivity index (χ4v) is 3.02. The van der Waals surface area contributed by atoms with Crippen LogP contribution in [0.5, 0.6) is 0 Å². The van der Waals surface area contributed by atoms with Gasteiger partial charge in [0.2, 0.25) is 0 Å². The van der Waals surface area contributed by atoms with E-state index in [9.17, 15) is 0 Å². The van der Waals surface area contributed by atoms with Crippen molar-refractivity contribution in [3.63, 3.8) is 0 Å². The number of hydrazine groups is 1. The van der Waals surface area contributed by atoms with Crippen LogP contribution >= 0.6 is 0 Å². The van der Waals surface area contributed by atoms with Gasteiger partial charge in [0.25, 0.3) is 0 Å². The fourth-order valence-electron chi connectivity index (χ4n) is 3.02. The average Bonchev–Trinajstić information content (AvgIpc) is 2.38. The van der Waals surface area contributed by atoms with E-state index in [1.807, 2.05) is 19.9 Å². The molecule has 106 valence electrons. The molecule has 1 aliphatic carbocycles. The third-order valence-corrected chi connectivity index (χ3v) is 3.79. The molecule has 0 amide bonds. The summed E-state index contributed by atoms with van der Waals surface area (Å²) in [4.78, 5) is 9.13. The van der Waals surface area contributed by atoms with E-state index in [0.29, 0.717) is 18.3 Å². The largest absolute Gasteiger partial charge is 0.367 e. The molecule has 0 aromatic carbocycles. The molecule has 0 aliphatic heterocycles. The summed E-state index contributed by atoms with van der Waals surface area (Å²) in [6, 6.07) is 1.84. The molecule has 3 N–H and O–H groups in total. The summed E-state index contributed by atoms with van der Waals surface area (Å²) in [6.07, 6.45) is 4.37. The number of hydrogen-bond donors (Lipinski definition) is 2. The predicted molar refractivity (Wildman–Crippen MR) is 75.5 cm³/mol. The standard InChI is InChI=1S/C14H24N4O/c1-4-19-14(7-5-6-10(2)9-14)13-16-11(3)8-12(17-13)18-15/h8,10H,4-7,9,15H2,1-3H3,(H,16,17,18). The number of anilines is 1. The number of nitrogen functional groups attached to an aromatic ring is 1. The molecule has 1 aromatic heterocycles. The van der Waals surface area contributed by atoms with E-state index in [4.69, 9.17) is 10.6 Å². The second kappa shape index (κ2) is 5.84. The summed E-state index contributed by atoms with van der Waals surface area (Å²) >= 11 is 0. The number of rotatable bonds is 4. The van der Waals surface area contributed by atoms with Crippen LogP contribution in [0, 0.1) is 12.8 Å². The molecule has 0 saturated heterocycles. The molecule has 5 heteroatoms. The lowest BCUT2D eigenvalue weighted by molar-refractivity contribution is -0.0881. The summed E-state index contributed by atoms with van der Waals surface area (Å²) in [6.45, 7) is 6.93. The van der Waals surface area contributed by atoms with Gasteiger partial charge in [0, 0.05) is 18.4 Å². The van der Waals surface area contributed by atoms with E-state index in [0.717, 1.165) is 30.8 Å². The van der Waals surface area contributed by atoms with Gasteiger partial charge in [-0.05, 0) is 39.0 Å². The normalized spacial score (nSPS) is 27.3. The van der Waals surface area contributed by atoms with Gasteiger partial charge in [-0.3, -0.25) is 0 Å². The second-order valence-electron chi connectivity index (χ2n) is 5.49. The zero-order chi connectivity index (χ0) is 13.9. The van der Waals surface area contributed by atoms with Gasteiger partial charge in [-0.25, -0.2) is 15.8 Å².